The van der Waals surface area contributed by atoms with Crippen LogP contribution in [0, 0.1) is 22.7 Å². The lowest BCUT2D eigenvalue weighted by molar-refractivity contribution is -0.146. The van der Waals surface area contributed by atoms with Crippen LogP contribution in [-0.4, -0.2) is 12.1 Å². The number of hydrogen-bond donors (Lipinski definition) is 0. The third-order valence-corrected chi connectivity index (χ3v) is 6.10. The second-order valence-electron chi connectivity index (χ2n) is 7.31. The smallest absolute Gasteiger partial charge is 0.313 e. The molecule has 0 N–H and O–H groups in total. The van der Waals surface area contributed by atoms with Crippen LogP contribution >= 0.6 is 0 Å². The van der Waals surface area contributed by atoms with Gasteiger partial charge in [0, 0.05) is 5.92 Å². The molecule has 4 atom stereocenters. The number of rotatable bonds is 0. The minimum Gasteiger partial charge on any atom is -0.461 e. The Morgan fingerprint density at radius 3 is 2.83 bits per heavy atom. The van der Waals surface area contributed by atoms with Crippen LogP contribution in [0.3, 0.4) is 0 Å². The third kappa shape index (κ3) is 1.22. The summed E-state index contributed by atoms with van der Waals surface area (Å²) in [6, 6.07) is 0. The highest BCUT2D eigenvalue weighted by Crippen LogP contribution is 2.64. The summed E-state index contributed by atoms with van der Waals surface area (Å²) < 4.78 is 5.71. The molecule has 1 spiro atoms. The Morgan fingerprint density at radius 2 is 2.11 bits per heavy atom. The molecular weight excluding hydrogens is 224 g/mol. The summed E-state index contributed by atoms with van der Waals surface area (Å²) in [5.74, 6) is 1.20. The van der Waals surface area contributed by atoms with Crippen LogP contribution in [0.4, 0.5) is 0 Å². The van der Waals surface area contributed by atoms with Gasteiger partial charge in [0.05, 0.1) is 5.41 Å². The van der Waals surface area contributed by atoms with Gasteiger partial charge in [-0.25, -0.2) is 0 Å². The maximum atomic E-state index is 12.1. The van der Waals surface area contributed by atoms with Gasteiger partial charge in [0.1, 0.15) is 6.10 Å². The van der Waals surface area contributed by atoms with E-state index in [0.717, 1.165) is 19.3 Å². The number of ether oxygens (including phenoxy) is 1. The number of esters is 1. The van der Waals surface area contributed by atoms with E-state index in [2.05, 4.69) is 19.9 Å². The van der Waals surface area contributed by atoms with Crippen LogP contribution in [0.1, 0.15) is 52.4 Å². The van der Waals surface area contributed by atoms with E-state index in [4.69, 9.17) is 4.74 Å². The van der Waals surface area contributed by atoms with Gasteiger partial charge in [0.15, 0.2) is 0 Å². The number of fused-ring (bicyclic) bond motifs is 3. The standard InChI is InChI=1S/C16H22O2/c1-10-4-3-5-15(2)9-13-12(8-11(10)15)16(6-7-16)14(17)18-13/h8,10,12-13H,3-7,9H2,1-2H3/t10-,12?,13?,15+/m0/s1. The first-order valence-electron chi connectivity index (χ1n) is 7.48. The summed E-state index contributed by atoms with van der Waals surface area (Å²) in [7, 11) is 0. The molecule has 18 heavy (non-hydrogen) atoms. The van der Waals surface area contributed by atoms with E-state index in [-0.39, 0.29) is 17.5 Å². The van der Waals surface area contributed by atoms with Crippen LogP contribution in [0.5, 0.6) is 0 Å². The Kier molecular flexibility index (Phi) is 1.97. The van der Waals surface area contributed by atoms with Crippen molar-refractivity contribution in [3.05, 3.63) is 11.6 Å². The van der Waals surface area contributed by atoms with Gasteiger partial charge in [0.25, 0.3) is 0 Å². The molecule has 0 aromatic heterocycles. The number of carbonyl (C=O) groups is 1. The fourth-order valence-electron chi connectivity index (χ4n) is 4.84. The number of allylic oxidation sites excluding steroid dienone is 1. The largest absolute Gasteiger partial charge is 0.461 e. The van der Waals surface area contributed by atoms with Crippen molar-refractivity contribution in [2.24, 2.45) is 22.7 Å². The summed E-state index contributed by atoms with van der Waals surface area (Å²) >= 11 is 0. The Morgan fingerprint density at radius 1 is 1.33 bits per heavy atom. The molecule has 0 radical (unpaired) electrons. The average molecular weight is 246 g/mol. The summed E-state index contributed by atoms with van der Waals surface area (Å²) in [5, 5.41) is 0. The fourth-order valence-corrected chi connectivity index (χ4v) is 4.84. The SMILES string of the molecule is C[C@H]1CCC[C@]2(C)CC3OC(=O)C4(CC4)C3C=C12. The normalized spacial score (nSPS) is 48.2. The van der Waals surface area contributed by atoms with Gasteiger partial charge in [-0.2, -0.15) is 0 Å². The van der Waals surface area contributed by atoms with E-state index in [1.807, 2.05) is 0 Å². The molecule has 4 rings (SSSR count). The number of hydrogen-bond acceptors (Lipinski definition) is 2. The van der Waals surface area contributed by atoms with E-state index in [9.17, 15) is 4.79 Å². The van der Waals surface area contributed by atoms with Crippen LogP contribution in [0.2, 0.25) is 0 Å². The van der Waals surface area contributed by atoms with E-state index in [1.54, 1.807) is 5.57 Å². The summed E-state index contributed by atoms with van der Waals surface area (Å²) in [6.45, 7) is 4.75. The minimum absolute atomic E-state index is 0.0871. The second-order valence-corrected chi connectivity index (χ2v) is 7.31. The lowest BCUT2D eigenvalue weighted by Gasteiger charge is -2.46. The topological polar surface area (TPSA) is 26.3 Å². The monoisotopic (exact) mass is 246 g/mol. The Balaban J connectivity index is 1.77. The van der Waals surface area contributed by atoms with Crippen molar-refractivity contribution in [1.82, 2.24) is 0 Å². The maximum Gasteiger partial charge on any atom is 0.313 e. The van der Waals surface area contributed by atoms with Gasteiger partial charge in [-0.1, -0.05) is 31.9 Å². The number of carbonyl (C=O) groups excluding carboxylic acids is 1. The van der Waals surface area contributed by atoms with Crippen LogP contribution in [0.15, 0.2) is 11.6 Å². The van der Waals surface area contributed by atoms with Gasteiger partial charge in [-0.3, -0.25) is 4.79 Å². The van der Waals surface area contributed by atoms with E-state index in [1.165, 1.54) is 19.3 Å². The van der Waals surface area contributed by atoms with Gasteiger partial charge >= 0.3 is 5.97 Å². The van der Waals surface area contributed by atoms with Crippen LogP contribution in [0.25, 0.3) is 0 Å². The predicted octanol–water partition coefficient (Wildman–Crippen LogP) is 3.46. The molecule has 1 saturated heterocycles. The molecule has 4 aliphatic rings. The molecule has 2 unspecified atom stereocenters. The van der Waals surface area contributed by atoms with Crippen molar-refractivity contribution in [2.45, 2.75) is 58.5 Å². The molecule has 2 nitrogen and oxygen atoms in total. The first-order chi connectivity index (χ1) is 8.55. The average Bonchev–Trinajstić information content (AvgIpc) is 3.04. The molecule has 0 bridgehead atoms. The first kappa shape index (κ1) is 11.1. The van der Waals surface area contributed by atoms with Crippen molar-refractivity contribution in [3.8, 4) is 0 Å². The zero-order valence-corrected chi connectivity index (χ0v) is 11.4. The lowest BCUT2D eigenvalue weighted by atomic mass is 9.59. The summed E-state index contributed by atoms with van der Waals surface area (Å²) in [4.78, 5) is 12.1. The van der Waals surface area contributed by atoms with Crippen molar-refractivity contribution in [1.29, 1.82) is 0 Å². The second kappa shape index (κ2) is 3.20. The van der Waals surface area contributed by atoms with E-state index >= 15 is 0 Å². The van der Waals surface area contributed by atoms with Gasteiger partial charge in [-0.05, 0) is 43.4 Å². The Bertz CT molecular complexity index is 446. The van der Waals surface area contributed by atoms with Crippen LogP contribution < -0.4 is 0 Å². The summed E-state index contributed by atoms with van der Waals surface area (Å²) in [6.07, 6.45) is 9.75. The molecule has 2 saturated carbocycles. The molecule has 0 aromatic rings. The zero-order valence-electron chi connectivity index (χ0n) is 11.4. The molecule has 1 aliphatic heterocycles. The van der Waals surface area contributed by atoms with Crippen molar-refractivity contribution < 1.29 is 9.53 Å². The molecule has 3 aliphatic carbocycles. The predicted molar refractivity (Wildman–Crippen MR) is 68.9 cm³/mol. The molecule has 0 aromatic carbocycles. The molecule has 3 fully saturated rings. The molecule has 1 heterocycles. The quantitative estimate of drug-likeness (QED) is 0.483. The highest BCUT2D eigenvalue weighted by Gasteiger charge is 2.66. The third-order valence-electron chi connectivity index (χ3n) is 6.10. The lowest BCUT2D eigenvalue weighted by Crippen LogP contribution is -2.39. The first-order valence-corrected chi connectivity index (χ1v) is 7.48. The van der Waals surface area contributed by atoms with Crippen LogP contribution in [-0.2, 0) is 9.53 Å². The Labute approximate surface area is 109 Å². The molecule has 0 amide bonds. The maximum absolute atomic E-state index is 12.1. The van der Waals surface area contributed by atoms with Gasteiger partial charge in [-0.15, -0.1) is 0 Å². The van der Waals surface area contributed by atoms with Gasteiger partial charge in [0.2, 0.25) is 0 Å². The highest BCUT2D eigenvalue weighted by molar-refractivity contribution is 5.83. The van der Waals surface area contributed by atoms with Crippen molar-refractivity contribution in [2.75, 3.05) is 0 Å². The molecule has 98 valence electrons. The van der Waals surface area contributed by atoms with Crippen molar-refractivity contribution >= 4 is 5.97 Å². The van der Waals surface area contributed by atoms with E-state index in [0.29, 0.717) is 17.3 Å². The van der Waals surface area contributed by atoms with Gasteiger partial charge < -0.3 is 4.74 Å². The van der Waals surface area contributed by atoms with E-state index < -0.39 is 0 Å². The zero-order chi connectivity index (χ0) is 12.5. The minimum atomic E-state index is -0.0871. The summed E-state index contributed by atoms with van der Waals surface area (Å²) in [5.41, 5.74) is 1.86. The fraction of sp³-hybridized carbons (Fsp3) is 0.812. The molecule has 2 heteroatoms. The highest BCUT2D eigenvalue weighted by atomic mass is 16.6. The Hall–Kier alpha value is -0.790. The molecular formula is C16H22O2. The van der Waals surface area contributed by atoms with Crippen molar-refractivity contribution in [3.63, 3.8) is 0 Å².